The fourth-order valence-electron chi connectivity index (χ4n) is 2.59. The third-order valence-corrected chi connectivity index (χ3v) is 3.67. The summed E-state index contributed by atoms with van der Waals surface area (Å²) in [7, 11) is 1.43. The van der Waals surface area contributed by atoms with Gasteiger partial charge in [-0.1, -0.05) is 24.3 Å². The number of methoxy groups -OCH3 is 1. The second-order valence-corrected chi connectivity index (χ2v) is 5.61. The molecule has 3 rings (SSSR count). The molecule has 7 heteroatoms. The molecule has 0 atom stereocenters. The van der Waals surface area contributed by atoms with E-state index in [-0.39, 0.29) is 23.6 Å². The monoisotopic (exact) mass is 351 g/mol. The van der Waals surface area contributed by atoms with Gasteiger partial charge in [-0.3, -0.25) is 14.4 Å². The molecule has 0 unspecified atom stereocenters. The van der Waals surface area contributed by atoms with E-state index in [0.717, 1.165) is 0 Å². The number of nitrogens with one attached hydrogen (secondary N) is 3. The van der Waals surface area contributed by atoms with Gasteiger partial charge in [-0.2, -0.15) is 0 Å². The molecule has 0 aliphatic rings. The maximum Gasteiger partial charge on any atom is 0.256 e. The molecular formula is C19H17N3O4. The van der Waals surface area contributed by atoms with Gasteiger partial charge in [-0.25, -0.2) is 0 Å². The predicted octanol–water partition coefficient (Wildman–Crippen LogP) is 2.37. The molecule has 0 spiro atoms. The number of hydrogen-bond donors (Lipinski definition) is 3. The molecule has 2 amide bonds. The molecule has 1 heterocycles. The summed E-state index contributed by atoms with van der Waals surface area (Å²) in [4.78, 5) is 38.7. The Balaban J connectivity index is 1.85. The number of carbonyl (C=O) groups excluding carboxylic acids is 2. The van der Waals surface area contributed by atoms with Crippen molar-refractivity contribution in [3.8, 4) is 0 Å². The van der Waals surface area contributed by atoms with Crippen LogP contribution in [0, 0.1) is 0 Å². The Morgan fingerprint density at radius 2 is 1.73 bits per heavy atom. The van der Waals surface area contributed by atoms with Crippen LogP contribution in [-0.4, -0.2) is 30.5 Å². The smallest absolute Gasteiger partial charge is 0.256 e. The van der Waals surface area contributed by atoms with Crippen molar-refractivity contribution in [2.75, 3.05) is 24.4 Å². The Bertz CT molecular complexity index is 1030. The van der Waals surface area contributed by atoms with Gasteiger partial charge in [0.15, 0.2) is 0 Å². The van der Waals surface area contributed by atoms with Crippen molar-refractivity contribution >= 4 is 34.1 Å². The van der Waals surface area contributed by atoms with E-state index in [1.807, 2.05) is 0 Å². The van der Waals surface area contributed by atoms with Crippen LogP contribution >= 0.6 is 0 Å². The van der Waals surface area contributed by atoms with Crippen LogP contribution in [0.4, 0.5) is 11.4 Å². The normalized spacial score (nSPS) is 10.5. The van der Waals surface area contributed by atoms with Crippen LogP contribution in [0.3, 0.4) is 0 Å². The number of pyridine rings is 1. The first-order valence-electron chi connectivity index (χ1n) is 7.89. The number of amides is 2. The van der Waals surface area contributed by atoms with E-state index in [9.17, 15) is 14.4 Å². The lowest BCUT2D eigenvalue weighted by Gasteiger charge is -2.10. The molecule has 3 N–H and O–H groups in total. The molecule has 0 saturated carbocycles. The number of fused-ring (bicyclic) bond motifs is 1. The molecule has 26 heavy (non-hydrogen) atoms. The molecule has 0 radical (unpaired) electrons. The maximum absolute atomic E-state index is 12.6. The maximum atomic E-state index is 12.6. The lowest BCUT2D eigenvalue weighted by Crippen LogP contribution is -2.18. The number of anilines is 2. The van der Waals surface area contributed by atoms with Crippen molar-refractivity contribution < 1.29 is 14.3 Å². The van der Waals surface area contributed by atoms with Crippen molar-refractivity contribution in [1.82, 2.24) is 4.98 Å². The zero-order valence-corrected chi connectivity index (χ0v) is 14.0. The first-order valence-corrected chi connectivity index (χ1v) is 7.89. The van der Waals surface area contributed by atoms with Crippen LogP contribution in [-0.2, 0) is 9.53 Å². The zero-order chi connectivity index (χ0) is 18.5. The standard InChI is InChI=1S/C19H17N3O4/c1-26-11-18(24)20-12-5-4-6-13(9-12)21-19(25)15-10-17(23)22-16-8-3-2-7-14(15)16/h2-10H,11H2,1H3,(H,20,24)(H,21,25)(H,22,23). The summed E-state index contributed by atoms with van der Waals surface area (Å²) >= 11 is 0. The Labute approximate surface area is 149 Å². The van der Waals surface area contributed by atoms with E-state index >= 15 is 0 Å². The van der Waals surface area contributed by atoms with Crippen LogP contribution in [0.15, 0.2) is 59.4 Å². The van der Waals surface area contributed by atoms with Gasteiger partial charge >= 0.3 is 0 Å². The van der Waals surface area contributed by atoms with Crippen LogP contribution in [0.2, 0.25) is 0 Å². The van der Waals surface area contributed by atoms with Crippen LogP contribution in [0.25, 0.3) is 10.9 Å². The van der Waals surface area contributed by atoms with E-state index < -0.39 is 5.91 Å². The minimum absolute atomic E-state index is 0.0602. The Hall–Kier alpha value is -3.45. The summed E-state index contributed by atoms with van der Waals surface area (Å²) in [6.45, 7) is -0.0602. The molecule has 2 aromatic carbocycles. The van der Waals surface area contributed by atoms with Crippen molar-refractivity contribution in [3.05, 3.63) is 70.5 Å². The number of H-pyrrole nitrogens is 1. The number of aromatic nitrogens is 1. The molecule has 0 saturated heterocycles. The highest BCUT2D eigenvalue weighted by Gasteiger charge is 2.12. The van der Waals surface area contributed by atoms with Crippen LogP contribution in [0.1, 0.15) is 10.4 Å². The highest BCUT2D eigenvalue weighted by Crippen LogP contribution is 2.19. The zero-order valence-electron chi connectivity index (χ0n) is 14.0. The molecule has 0 fully saturated rings. The highest BCUT2D eigenvalue weighted by atomic mass is 16.5. The third-order valence-electron chi connectivity index (χ3n) is 3.67. The Morgan fingerprint density at radius 1 is 1.00 bits per heavy atom. The van der Waals surface area contributed by atoms with Crippen LogP contribution < -0.4 is 16.2 Å². The molecule has 7 nitrogen and oxygen atoms in total. The van der Waals surface area contributed by atoms with Crippen LogP contribution in [0.5, 0.6) is 0 Å². The summed E-state index contributed by atoms with van der Waals surface area (Å²) < 4.78 is 4.77. The summed E-state index contributed by atoms with van der Waals surface area (Å²) in [6.07, 6.45) is 0. The molecule has 1 aromatic heterocycles. The SMILES string of the molecule is COCC(=O)Nc1cccc(NC(=O)c2cc(=O)[nH]c3ccccc23)c1. The molecule has 132 valence electrons. The molecular weight excluding hydrogens is 334 g/mol. The molecule has 0 aliphatic carbocycles. The Morgan fingerprint density at radius 3 is 2.50 bits per heavy atom. The van der Waals surface area contributed by atoms with Gasteiger partial charge in [0.1, 0.15) is 6.61 Å². The van der Waals surface area contributed by atoms with Crippen molar-refractivity contribution in [2.24, 2.45) is 0 Å². The summed E-state index contributed by atoms with van der Waals surface area (Å²) in [6, 6.07) is 15.1. The average Bonchev–Trinajstić information content (AvgIpc) is 2.61. The third kappa shape index (κ3) is 3.96. The van der Waals surface area contributed by atoms with Crippen molar-refractivity contribution in [2.45, 2.75) is 0 Å². The van der Waals surface area contributed by atoms with Gasteiger partial charge < -0.3 is 20.4 Å². The van der Waals surface area contributed by atoms with E-state index in [0.29, 0.717) is 22.3 Å². The van der Waals surface area contributed by atoms with Gasteiger partial charge in [0.25, 0.3) is 5.91 Å². The summed E-state index contributed by atoms with van der Waals surface area (Å²) in [5, 5.41) is 6.06. The number of carbonyl (C=O) groups is 2. The second-order valence-electron chi connectivity index (χ2n) is 5.61. The Kier molecular flexibility index (Phi) is 5.09. The number of aromatic amines is 1. The average molecular weight is 351 g/mol. The first kappa shape index (κ1) is 17.4. The quantitative estimate of drug-likeness (QED) is 0.657. The lowest BCUT2D eigenvalue weighted by molar-refractivity contribution is -0.119. The first-order chi connectivity index (χ1) is 12.6. The van der Waals surface area contributed by atoms with Gasteiger partial charge in [-0.05, 0) is 24.3 Å². The van der Waals surface area contributed by atoms with Gasteiger partial charge in [-0.15, -0.1) is 0 Å². The number of benzene rings is 2. The van der Waals surface area contributed by atoms with Crippen molar-refractivity contribution in [1.29, 1.82) is 0 Å². The lowest BCUT2D eigenvalue weighted by atomic mass is 10.1. The van der Waals surface area contributed by atoms with Gasteiger partial charge in [0.05, 0.1) is 5.56 Å². The minimum Gasteiger partial charge on any atom is -0.375 e. The molecule has 0 aliphatic heterocycles. The predicted molar refractivity (Wildman–Crippen MR) is 99.5 cm³/mol. The molecule has 0 bridgehead atoms. The minimum atomic E-state index is -0.410. The second kappa shape index (κ2) is 7.62. The number of ether oxygens (including phenoxy) is 1. The topological polar surface area (TPSA) is 100 Å². The highest BCUT2D eigenvalue weighted by molar-refractivity contribution is 6.12. The fourth-order valence-corrected chi connectivity index (χ4v) is 2.59. The van der Waals surface area contributed by atoms with E-state index in [1.165, 1.54) is 13.2 Å². The number of para-hydroxylation sites is 1. The van der Waals surface area contributed by atoms with Crippen molar-refractivity contribution in [3.63, 3.8) is 0 Å². The molecule has 3 aromatic rings. The largest absolute Gasteiger partial charge is 0.375 e. The summed E-state index contributed by atoms with van der Waals surface area (Å²) in [5.41, 5.74) is 1.54. The summed E-state index contributed by atoms with van der Waals surface area (Å²) in [5.74, 6) is -0.704. The van der Waals surface area contributed by atoms with E-state index in [1.54, 1.807) is 48.5 Å². The van der Waals surface area contributed by atoms with Gasteiger partial charge in [0.2, 0.25) is 11.5 Å². The number of hydrogen-bond acceptors (Lipinski definition) is 4. The number of rotatable bonds is 5. The van der Waals surface area contributed by atoms with Gasteiger partial charge in [0, 0.05) is 35.5 Å². The fraction of sp³-hybridized carbons (Fsp3) is 0.105. The van der Waals surface area contributed by atoms with E-state index in [4.69, 9.17) is 4.74 Å². The van der Waals surface area contributed by atoms with E-state index in [2.05, 4.69) is 15.6 Å².